The van der Waals surface area contributed by atoms with Crippen LogP contribution in [0.3, 0.4) is 0 Å². The molecule has 1 aliphatic heterocycles. The molecule has 2 N–H and O–H groups in total. The summed E-state index contributed by atoms with van der Waals surface area (Å²) >= 11 is 0. The molecule has 1 aliphatic carbocycles. The summed E-state index contributed by atoms with van der Waals surface area (Å²) in [7, 11) is 0. The highest BCUT2D eigenvalue weighted by molar-refractivity contribution is 5.92. The van der Waals surface area contributed by atoms with E-state index in [-0.39, 0.29) is 6.03 Å². The van der Waals surface area contributed by atoms with Gasteiger partial charge in [-0.3, -0.25) is 0 Å². The second kappa shape index (κ2) is 9.04. The molecule has 1 aromatic heterocycles. The summed E-state index contributed by atoms with van der Waals surface area (Å²) in [6.45, 7) is 5.34. The third-order valence-electron chi connectivity index (χ3n) is 5.19. The Bertz CT molecular complexity index is 560. The Morgan fingerprint density at radius 3 is 2.88 bits per heavy atom. The smallest absolute Gasteiger partial charge is 0.319 e. The van der Waals surface area contributed by atoms with E-state index >= 15 is 0 Å². The van der Waals surface area contributed by atoms with Crippen LogP contribution < -0.4 is 15.5 Å². The lowest BCUT2D eigenvalue weighted by Gasteiger charge is -2.28. The molecule has 0 spiro atoms. The van der Waals surface area contributed by atoms with Crippen molar-refractivity contribution < 1.29 is 9.53 Å². The summed E-state index contributed by atoms with van der Waals surface area (Å²) in [5.74, 6) is 1.49. The average molecular weight is 346 g/mol. The second-order valence-corrected chi connectivity index (χ2v) is 7.12. The molecule has 0 radical (unpaired) electrons. The average Bonchev–Trinajstić information content (AvgIpc) is 3.15. The van der Waals surface area contributed by atoms with Crippen molar-refractivity contribution in [3.63, 3.8) is 0 Å². The molecule has 2 heterocycles. The predicted molar refractivity (Wildman–Crippen MR) is 100 cm³/mol. The lowest BCUT2D eigenvalue weighted by molar-refractivity contribution is -0.00232. The molecule has 138 valence electrons. The van der Waals surface area contributed by atoms with Crippen molar-refractivity contribution >= 4 is 17.5 Å². The van der Waals surface area contributed by atoms with Gasteiger partial charge in [0.1, 0.15) is 0 Å². The molecule has 25 heavy (non-hydrogen) atoms. The number of carbonyl (C=O) groups excluding carboxylic acids is 1. The molecule has 6 nitrogen and oxygen atoms in total. The van der Waals surface area contributed by atoms with Gasteiger partial charge in [-0.2, -0.15) is 0 Å². The monoisotopic (exact) mass is 346 g/mol. The molecule has 1 saturated heterocycles. The van der Waals surface area contributed by atoms with Crippen LogP contribution in [0.15, 0.2) is 18.3 Å². The topological polar surface area (TPSA) is 66.5 Å². The van der Waals surface area contributed by atoms with Crippen molar-refractivity contribution in [2.45, 2.75) is 51.6 Å². The van der Waals surface area contributed by atoms with Gasteiger partial charge in [-0.15, -0.1) is 0 Å². The Hall–Kier alpha value is -1.82. The number of hydrogen-bond acceptors (Lipinski definition) is 4. The van der Waals surface area contributed by atoms with Gasteiger partial charge in [0.2, 0.25) is 0 Å². The maximum absolute atomic E-state index is 12.2. The largest absolute Gasteiger partial charge is 0.376 e. The van der Waals surface area contributed by atoms with Crippen LogP contribution in [0, 0.1) is 5.92 Å². The second-order valence-electron chi connectivity index (χ2n) is 7.12. The maximum Gasteiger partial charge on any atom is 0.319 e. The summed E-state index contributed by atoms with van der Waals surface area (Å²) < 4.78 is 5.94. The van der Waals surface area contributed by atoms with E-state index in [9.17, 15) is 4.79 Å². The predicted octanol–water partition coefficient (Wildman–Crippen LogP) is 3.40. The molecule has 2 fully saturated rings. The minimum atomic E-state index is -0.200. The van der Waals surface area contributed by atoms with Crippen LogP contribution >= 0.6 is 0 Å². The fourth-order valence-corrected chi connectivity index (χ4v) is 3.75. The molecule has 1 saturated carbocycles. The van der Waals surface area contributed by atoms with Crippen LogP contribution in [0.1, 0.15) is 45.4 Å². The summed E-state index contributed by atoms with van der Waals surface area (Å²) in [5, 5.41) is 5.81. The number of urea groups is 1. The van der Waals surface area contributed by atoms with E-state index in [2.05, 4.69) is 27.4 Å². The van der Waals surface area contributed by atoms with Crippen molar-refractivity contribution in [3.8, 4) is 0 Å². The van der Waals surface area contributed by atoms with Crippen LogP contribution in [0.4, 0.5) is 16.3 Å². The maximum atomic E-state index is 12.2. The first-order chi connectivity index (χ1) is 12.2. The van der Waals surface area contributed by atoms with Gasteiger partial charge in [0.15, 0.2) is 5.82 Å². The zero-order valence-corrected chi connectivity index (χ0v) is 15.2. The van der Waals surface area contributed by atoms with Gasteiger partial charge in [-0.25, -0.2) is 9.78 Å². The number of anilines is 2. The van der Waals surface area contributed by atoms with Crippen molar-refractivity contribution in [3.05, 3.63) is 18.3 Å². The first-order valence-corrected chi connectivity index (χ1v) is 9.60. The number of aromatic nitrogens is 1. The van der Waals surface area contributed by atoms with Gasteiger partial charge in [0, 0.05) is 25.8 Å². The van der Waals surface area contributed by atoms with Gasteiger partial charge in [0.05, 0.1) is 18.4 Å². The molecule has 6 heteroatoms. The Labute approximate surface area is 150 Å². The van der Waals surface area contributed by atoms with Crippen LogP contribution in [0.2, 0.25) is 0 Å². The van der Waals surface area contributed by atoms with Gasteiger partial charge >= 0.3 is 6.03 Å². The van der Waals surface area contributed by atoms with Crippen LogP contribution in [-0.2, 0) is 4.74 Å². The molecule has 2 amide bonds. The van der Waals surface area contributed by atoms with Crippen molar-refractivity contribution in [1.29, 1.82) is 0 Å². The number of pyridine rings is 1. The van der Waals surface area contributed by atoms with E-state index in [0.717, 1.165) is 31.0 Å². The van der Waals surface area contributed by atoms with E-state index in [1.807, 2.05) is 12.1 Å². The normalized spacial score (nSPS) is 23.5. The Kier molecular flexibility index (Phi) is 6.50. The number of carbonyl (C=O) groups is 1. The quantitative estimate of drug-likeness (QED) is 0.775. The molecule has 0 bridgehead atoms. The highest BCUT2D eigenvalue weighted by Gasteiger charge is 2.21. The number of rotatable bonds is 6. The first-order valence-electron chi connectivity index (χ1n) is 9.60. The van der Waals surface area contributed by atoms with E-state index < -0.39 is 0 Å². The number of hydrogen-bond donors (Lipinski definition) is 2. The van der Waals surface area contributed by atoms with Crippen LogP contribution in [0.5, 0.6) is 0 Å². The van der Waals surface area contributed by atoms with Gasteiger partial charge in [-0.1, -0.05) is 19.8 Å². The molecule has 0 unspecified atom stereocenters. The molecule has 3 rings (SSSR count). The molecule has 1 aromatic rings. The lowest BCUT2D eigenvalue weighted by Crippen LogP contribution is -2.34. The Morgan fingerprint density at radius 1 is 1.28 bits per heavy atom. The summed E-state index contributed by atoms with van der Waals surface area (Å²) in [6, 6.07) is 3.55. The van der Waals surface area contributed by atoms with E-state index in [1.54, 1.807) is 6.20 Å². The highest BCUT2D eigenvalue weighted by atomic mass is 16.5. The third-order valence-corrected chi connectivity index (χ3v) is 5.19. The van der Waals surface area contributed by atoms with Crippen molar-refractivity contribution in [2.24, 2.45) is 5.92 Å². The SMILES string of the molecule is C[C@@H]1CCCC[C@@H]1OCCNC(=O)Nc1cccnc1N1CCCC1. The van der Waals surface area contributed by atoms with Crippen LogP contribution in [-0.4, -0.2) is 43.4 Å². The molecule has 2 aliphatic rings. The number of nitrogens with zero attached hydrogens (tertiary/aromatic N) is 2. The Morgan fingerprint density at radius 2 is 2.08 bits per heavy atom. The third kappa shape index (κ3) is 5.08. The summed E-state index contributed by atoms with van der Waals surface area (Å²) in [4.78, 5) is 18.8. The van der Waals surface area contributed by atoms with Crippen LogP contribution in [0.25, 0.3) is 0 Å². The number of ether oxygens (including phenoxy) is 1. The lowest BCUT2D eigenvalue weighted by atomic mass is 9.88. The molecule has 2 atom stereocenters. The van der Waals surface area contributed by atoms with E-state index in [4.69, 9.17) is 4.74 Å². The minimum Gasteiger partial charge on any atom is -0.376 e. The summed E-state index contributed by atoms with van der Waals surface area (Å²) in [5.41, 5.74) is 0.767. The summed E-state index contributed by atoms with van der Waals surface area (Å²) in [6.07, 6.45) is 9.43. The zero-order chi connectivity index (χ0) is 17.5. The van der Waals surface area contributed by atoms with E-state index in [0.29, 0.717) is 25.2 Å². The fraction of sp³-hybridized carbons (Fsp3) is 0.684. The van der Waals surface area contributed by atoms with Gasteiger partial charge in [-0.05, 0) is 43.7 Å². The first kappa shape index (κ1) is 18.0. The molecular weight excluding hydrogens is 316 g/mol. The van der Waals surface area contributed by atoms with E-state index in [1.165, 1.54) is 32.1 Å². The molecule has 0 aromatic carbocycles. The zero-order valence-electron chi connectivity index (χ0n) is 15.2. The minimum absolute atomic E-state index is 0.200. The number of nitrogens with one attached hydrogen (secondary N) is 2. The van der Waals surface area contributed by atoms with Gasteiger partial charge in [0.25, 0.3) is 0 Å². The molecular formula is C19H30N4O2. The van der Waals surface area contributed by atoms with Gasteiger partial charge < -0.3 is 20.3 Å². The Balaban J connectivity index is 1.42. The van der Waals surface area contributed by atoms with Crippen molar-refractivity contribution in [2.75, 3.05) is 36.5 Å². The highest BCUT2D eigenvalue weighted by Crippen LogP contribution is 2.27. The standard InChI is InChI=1S/C19H30N4O2/c1-15-7-2-3-9-17(15)25-14-11-21-19(24)22-16-8-6-10-20-18(16)23-12-4-5-13-23/h6,8,10,15,17H,2-5,7,9,11-14H2,1H3,(H2,21,22,24)/t15-,17+/m1/s1. The number of amides is 2. The fourth-order valence-electron chi connectivity index (χ4n) is 3.75. The van der Waals surface area contributed by atoms with Crippen molar-refractivity contribution in [1.82, 2.24) is 10.3 Å².